The van der Waals surface area contributed by atoms with Crippen molar-refractivity contribution in [3.8, 4) is 0 Å². The van der Waals surface area contributed by atoms with Crippen LogP contribution in [0.25, 0.3) is 0 Å². The van der Waals surface area contributed by atoms with E-state index < -0.39 is 5.97 Å². The lowest BCUT2D eigenvalue weighted by molar-refractivity contribution is 0.0676. The molecule has 0 amide bonds. The largest absolute Gasteiger partial charge is 0.475 e. The van der Waals surface area contributed by atoms with Gasteiger partial charge in [-0.05, 0) is 6.42 Å². The fourth-order valence-electron chi connectivity index (χ4n) is 1.40. The maximum Gasteiger partial charge on any atom is 0.372 e. The molecule has 74 valence electrons. The second kappa shape index (κ2) is 3.13. The molecule has 2 heterocycles. The third-order valence-electron chi connectivity index (χ3n) is 2.13. The first-order valence-electron chi connectivity index (χ1n) is 4.07. The van der Waals surface area contributed by atoms with Gasteiger partial charge in [-0.1, -0.05) is 0 Å². The summed E-state index contributed by atoms with van der Waals surface area (Å²) < 4.78 is 1.09. The molecule has 2 rings (SSSR count). The van der Waals surface area contributed by atoms with Crippen LogP contribution >= 0.6 is 11.8 Å². The van der Waals surface area contributed by atoms with Gasteiger partial charge in [0.2, 0.25) is 5.82 Å². The Bertz CT molecular complexity index is 466. The summed E-state index contributed by atoms with van der Waals surface area (Å²) in [5.74, 6) is -0.552. The van der Waals surface area contributed by atoms with Crippen molar-refractivity contribution in [3.63, 3.8) is 0 Å². The molecule has 0 aromatic carbocycles. The summed E-state index contributed by atoms with van der Waals surface area (Å²) in [5.41, 5.74) is 0.403. The Morgan fingerprint density at radius 1 is 1.64 bits per heavy atom. The molecule has 14 heavy (non-hydrogen) atoms. The fourth-order valence-corrected chi connectivity index (χ4v) is 2.42. The van der Waals surface area contributed by atoms with E-state index in [4.69, 9.17) is 5.11 Å². The van der Waals surface area contributed by atoms with Crippen LogP contribution in [0.1, 0.15) is 16.2 Å². The number of hydrogen-bond donors (Lipinski definition) is 1. The number of carboxylic acid groups (broad SMARTS) is 1. The molecule has 0 fully saturated rings. The summed E-state index contributed by atoms with van der Waals surface area (Å²) in [6.45, 7) is 0. The molecular formula is C8H8N2O3S. The highest BCUT2D eigenvalue weighted by Gasteiger charge is 2.22. The lowest BCUT2D eigenvalue weighted by Gasteiger charge is -2.04. The molecule has 0 spiro atoms. The standard InChI is InChI=1S/C8H8N2O3S/c1-10-5(8(12)13)9-6-4(7(10)11)2-3-14-6/h2-3H2,1H3,(H,12,13). The molecule has 0 saturated heterocycles. The molecule has 1 aromatic rings. The van der Waals surface area contributed by atoms with E-state index in [0.29, 0.717) is 17.0 Å². The highest BCUT2D eigenvalue weighted by molar-refractivity contribution is 7.99. The van der Waals surface area contributed by atoms with Gasteiger partial charge in [-0.2, -0.15) is 0 Å². The highest BCUT2D eigenvalue weighted by atomic mass is 32.2. The van der Waals surface area contributed by atoms with Crippen molar-refractivity contribution in [2.45, 2.75) is 11.4 Å². The summed E-state index contributed by atoms with van der Waals surface area (Å²) >= 11 is 1.43. The van der Waals surface area contributed by atoms with Crippen LogP contribution in [0.2, 0.25) is 0 Å². The van der Waals surface area contributed by atoms with Crippen LogP contribution < -0.4 is 5.56 Å². The van der Waals surface area contributed by atoms with Gasteiger partial charge < -0.3 is 5.11 Å². The summed E-state index contributed by atoms with van der Waals surface area (Å²) in [6.07, 6.45) is 0.680. The number of aromatic carboxylic acids is 1. The van der Waals surface area contributed by atoms with Crippen LogP contribution in [0.5, 0.6) is 0 Å². The first-order valence-corrected chi connectivity index (χ1v) is 5.06. The Kier molecular flexibility index (Phi) is 2.07. The van der Waals surface area contributed by atoms with E-state index in [1.807, 2.05) is 0 Å². The van der Waals surface area contributed by atoms with Gasteiger partial charge in [-0.3, -0.25) is 9.36 Å². The number of carboxylic acids is 1. The molecule has 1 aliphatic rings. The van der Waals surface area contributed by atoms with Crippen molar-refractivity contribution in [2.75, 3.05) is 5.75 Å². The van der Waals surface area contributed by atoms with Gasteiger partial charge in [0, 0.05) is 12.8 Å². The predicted octanol–water partition coefficient (Wildman–Crippen LogP) is 0.127. The molecule has 0 radical (unpaired) electrons. The van der Waals surface area contributed by atoms with Crippen LogP contribution in [-0.2, 0) is 13.5 Å². The van der Waals surface area contributed by atoms with Crippen molar-refractivity contribution in [1.29, 1.82) is 0 Å². The molecule has 5 nitrogen and oxygen atoms in total. The molecule has 0 bridgehead atoms. The zero-order valence-corrected chi connectivity index (χ0v) is 8.30. The monoisotopic (exact) mass is 212 g/mol. The molecular weight excluding hydrogens is 204 g/mol. The van der Waals surface area contributed by atoms with Gasteiger partial charge in [-0.15, -0.1) is 11.8 Å². The van der Waals surface area contributed by atoms with Crippen LogP contribution in [0.15, 0.2) is 9.82 Å². The summed E-state index contributed by atoms with van der Waals surface area (Å²) in [5, 5.41) is 9.36. The minimum absolute atomic E-state index is 0.192. The fraction of sp³-hybridized carbons (Fsp3) is 0.375. The third-order valence-corrected chi connectivity index (χ3v) is 3.15. The number of thioether (sulfide) groups is 1. The summed E-state index contributed by atoms with van der Waals surface area (Å²) in [6, 6.07) is 0. The van der Waals surface area contributed by atoms with Crippen LogP contribution in [-0.4, -0.2) is 26.4 Å². The number of nitrogens with zero attached hydrogens (tertiary/aromatic N) is 2. The van der Waals surface area contributed by atoms with Gasteiger partial charge in [0.1, 0.15) is 5.03 Å². The van der Waals surface area contributed by atoms with Gasteiger partial charge in [0.25, 0.3) is 5.56 Å². The number of hydrogen-bond acceptors (Lipinski definition) is 4. The first kappa shape index (κ1) is 9.26. The van der Waals surface area contributed by atoms with Gasteiger partial charge in [0.05, 0.1) is 5.56 Å². The first-order chi connectivity index (χ1) is 6.61. The van der Waals surface area contributed by atoms with Crippen molar-refractivity contribution in [2.24, 2.45) is 7.05 Å². The topological polar surface area (TPSA) is 72.2 Å². The van der Waals surface area contributed by atoms with E-state index in [1.54, 1.807) is 0 Å². The Balaban J connectivity index is 2.73. The molecule has 1 aliphatic heterocycles. The Morgan fingerprint density at radius 2 is 2.36 bits per heavy atom. The summed E-state index contributed by atoms with van der Waals surface area (Å²) in [4.78, 5) is 26.3. The second-order valence-electron chi connectivity index (χ2n) is 2.99. The van der Waals surface area contributed by atoms with Crippen molar-refractivity contribution < 1.29 is 9.90 Å². The molecule has 6 heteroatoms. The zero-order chi connectivity index (χ0) is 10.3. The van der Waals surface area contributed by atoms with E-state index in [2.05, 4.69) is 4.98 Å². The maximum atomic E-state index is 11.6. The average Bonchev–Trinajstić information content (AvgIpc) is 2.58. The van der Waals surface area contributed by atoms with E-state index in [0.717, 1.165) is 10.3 Å². The van der Waals surface area contributed by atoms with Crippen molar-refractivity contribution >= 4 is 17.7 Å². The van der Waals surface area contributed by atoms with Gasteiger partial charge in [0.15, 0.2) is 0 Å². The normalized spacial score (nSPS) is 14.1. The SMILES string of the molecule is Cn1c(C(=O)O)nc2c(c1=O)CCS2. The van der Waals surface area contributed by atoms with Gasteiger partial charge in [-0.25, -0.2) is 9.78 Å². The van der Waals surface area contributed by atoms with Crippen LogP contribution in [0.4, 0.5) is 0 Å². The lowest BCUT2D eigenvalue weighted by atomic mass is 10.2. The van der Waals surface area contributed by atoms with Crippen molar-refractivity contribution in [3.05, 3.63) is 21.7 Å². The van der Waals surface area contributed by atoms with Crippen LogP contribution in [0.3, 0.4) is 0 Å². The number of aromatic nitrogens is 2. The van der Waals surface area contributed by atoms with E-state index >= 15 is 0 Å². The summed E-state index contributed by atoms with van der Waals surface area (Å²) in [7, 11) is 1.43. The molecule has 1 N–H and O–H groups in total. The number of carbonyl (C=O) groups is 1. The third kappa shape index (κ3) is 1.22. The van der Waals surface area contributed by atoms with E-state index in [1.165, 1.54) is 18.8 Å². The smallest absolute Gasteiger partial charge is 0.372 e. The molecule has 0 atom stereocenters. The quantitative estimate of drug-likeness (QED) is 0.670. The average molecular weight is 212 g/mol. The van der Waals surface area contributed by atoms with E-state index in [-0.39, 0.29) is 11.4 Å². The Morgan fingerprint density at radius 3 is 3.00 bits per heavy atom. The molecule has 0 saturated carbocycles. The highest BCUT2D eigenvalue weighted by Crippen LogP contribution is 2.26. The number of fused-ring (bicyclic) bond motifs is 1. The Hall–Kier alpha value is -1.30. The van der Waals surface area contributed by atoms with E-state index in [9.17, 15) is 9.59 Å². The lowest BCUT2D eigenvalue weighted by Crippen LogP contribution is -2.27. The molecule has 1 aromatic heterocycles. The molecule has 0 aliphatic carbocycles. The molecule has 0 unspecified atom stereocenters. The van der Waals surface area contributed by atoms with Gasteiger partial charge >= 0.3 is 5.97 Å². The second-order valence-corrected chi connectivity index (χ2v) is 4.07. The maximum absolute atomic E-state index is 11.6. The minimum Gasteiger partial charge on any atom is -0.475 e. The Labute approximate surface area is 83.8 Å². The van der Waals surface area contributed by atoms with Crippen LogP contribution in [0, 0.1) is 0 Å². The number of rotatable bonds is 1. The zero-order valence-electron chi connectivity index (χ0n) is 7.48. The predicted molar refractivity (Wildman–Crippen MR) is 50.9 cm³/mol. The van der Waals surface area contributed by atoms with Crippen molar-refractivity contribution in [1.82, 2.24) is 9.55 Å². The minimum atomic E-state index is -1.17.